The van der Waals surface area contributed by atoms with Crippen molar-refractivity contribution < 1.29 is 19.1 Å². The molecule has 3 rings (SSSR count). The van der Waals surface area contributed by atoms with Crippen LogP contribution in [0.25, 0.3) is 0 Å². The van der Waals surface area contributed by atoms with Gasteiger partial charge in [0, 0.05) is 0 Å². The van der Waals surface area contributed by atoms with Crippen molar-refractivity contribution in [1.82, 2.24) is 4.90 Å². The average molecular weight is 408 g/mol. The van der Waals surface area contributed by atoms with Gasteiger partial charge in [-0.1, -0.05) is 52.8 Å². The SMILES string of the molecule is COc1ccc(C(C)(C)C)cc1NC(=O)[C@H](C(C)C)N1C(=O)c2ccccc2C1=O. The van der Waals surface area contributed by atoms with Crippen LogP contribution in [0, 0.1) is 5.92 Å². The summed E-state index contributed by atoms with van der Waals surface area (Å²) in [6, 6.07) is 11.3. The van der Waals surface area contributed by atoms with E-state index in [4.69, 9.17) is 4.74 Å². The Kier molecular flexibility index (Phi) is 5.70. The van der Waals surface area contributed by atoms with Crippen LogP contribution in [0.5, 0.6) is 5.75 Å². The third kappa shape index (κ3) is 3.82. The second kappa shape index (κ2) is 7.94. The number of benzene rings is 2. The number of carbonyl (C=O) groups excluding carboxylic acids is 3. The highest BCUT2D eigenvalue weighted by Crippen LogP contribution is 2.33. The normalized spacial score (nSPS) is 14.7. The lowest BCUT2D eigenvalue weighted by molar-refractivity contribution is -0.121. The molecule has 0 bridgehead atoms. The first-order valence-electron chi connectivity index (χ1n) is 10.0. The third-order valence-corrected chi connectivity index (χ3v) is 5.33. The Labute approximate surface area is 177 Å². The fourth-order valence-electron chi connectivity index (χ4n) is 3.66. The van der Waals surface area contributed by atoms with Gasteiger partial charge < -0.3 is 10.1 Å². The van der Waals surface area contributed by atoms with Crippen molar-refractivity contribution in [1.29, 1.82) is 0 Å². The summed E-state index contributed by atoms with van der Waals surface area (Å²) in [7, 11) is 1.53. The van der Waals surface area contributed by atoms with E-state index in [1.165, 1.54) is 7.11 Å². The third-order valence-electron chi connectivity index (χ3n) is 5.33. The highest BCUT2D eigenvalue weighted by molar-refractivity contribution is 6.23. The summed E-state index contributed by atoms with van der Waals surface area (Å²) in [4.78, 5) is 40.2. The average Bonchev–Trinajstić information content (AvgIpc) is 2.93. The van der Waals surface area contributed by atoms with Gasteiger partial charge in [0.1, 0.15) is 11.8 Å². The number of methoxy groups -OCH3 is 1. The number of amides is 3. The molecule has 0 saturated carbocycles. The Morgan fingerprint density at radius 1 is 1.00 bits per heavy atom. The number of fused-ring (bicyclic) bond motifs is 1. The summed E-state index contributed by atoms with van der Waals surface area (Å²) >= 11 is 0. The van der Waals surface area contributed by atoms with Crippen molar-refractivity contribution in [2.45, 2.75) is 46.1 Å². The molecule has 0 aliphatic carbocycles. The van der Waals surface area contributed by atoms with Crippen LogP contribution in [0.1, 0.15) is 60.9 Å². The van der Waals surface area contributed by atoms with Crippen LogP contribution >= 0.6 is 0 Å². The molecule has 6 heteroatoms. The van der Waals surface area contributed by atoms with Crippen LogP contribution in [0.2, 0.25) is 0 Å². The highest BCUT2D eigenvalue weighted by Gasteiger charge is 2.44. The number of imide groups is 1. The van der Waals surface area contributed by atoms with Crippen molar-refractivity contribution in [3.05, 3.63) is 59.2 Å². The molecule has 30 heavy (non-hydrogen) atoms. The lowest BCUT2D eigenvalue weighted by atomic mass is 9.86. The van der Waals surface area contributed by atoms with Gasteiger partial charge in [-0.25, -0.2) is 0 Å². The largest absolute Gasteiger partial charge is 0.495 e. The Morgan fingerprint density at radius 3 is 2.03 bits per heavy atom. The van der Waals surface area contributed by atoms with E-state index in [0.717, 1.165) is 10.5 Å². The quantitative estimate of drug-likeness (QED) is 0.751. The van der Waals surface area contributed by atoms with Crippen LogP contribution in [0.4, 0.5) is 5.69 Å². The second-order valence-electron chi connectivity index (χ2n) is 8.87. The molecule has 1 aliphatic rings. The van der Waals surface area contributed by atoms with Crippen molar-refractivity contribution in [3.63, 3.8) is 0 Å². The van der Waals surface area contributed by atoms with E-state index in [1.807, 2.05) is 32.0 Å². The Balaban J connectivity index is 1.95. The number of nitrogens with zero attached hydrogens (tertiary/aromatic N) is 1. The zero-order chi connectivity index (χ0) is 22.2. The van der Waals surface area contributed by atoms with Gasteiger partial charge in [-0.05, 0) is 41.2 Å². The van der Waals surface area contributed by atoms with E-state index in [2.05, 4.69) is 26.1 Å². The molecule has 0 unspecified atom stereocenters. The molecular weight excluding hydrogens is 380 g/mol. The van der Waals surface area contributed by atoms with Gasteiger partial charge in [-0.15, -0.1) is 0 Å². The van der Waals surface area contributed by atoms with Gasteiger partial charge in [0.05, 0.1) is 23.9 Å². The summed E-state index contributed by atoms with van der Waals surface area (Å²) in [5, 5.41) is 2.89. The minimum Gasteiger partial charge on any atom is -0.495 e. The number of rotatable bonds is 5. The van der Waals surface area contributed by atoms with Gasteiger partial charge >= 0.3 is 0 Å². The first-order chi connectivity index (χ1) is 14.1. The molecule has 1 heterocycles. The maximum atomic E-state index is 13.3. The van der Waals surface area contributed by atoms with Crippen LogP contribution in [-0.2, 0) is 10.2 Å². The van der Waals surface area contributed by atoms with E-state index >= 15 is 0 Å². The van der Waals surface area contributed by atoms with Gasteiger partial charge in [0.15, 0.2) is 0 Å². The Bertz CT molecular complexity index is 970. The molecule has 0 radical (unpaired) electrons. The number of nitrogens with one attached hydrogen (secondary N) is 1. The molecule has 2 aromatic carbocycles. The van der Waals surface area contributed by atoms with Gasteiger partial charge in [0.2, 0.25) is 5.91 Å². The van der Waals surface area contributed by atoms with Crippen molar-refractivity contribution in [3.8, 4) is 5.75 Å². The van der Waals surface area contributed by atoms with Crippen LogP contribution in [-0.4, -0.2) is 35.8 Å². The minimum absolute atomic E-state index is 0.119. The number of anilines is 1. The molecule has 0 fully saturated rings. The lowest BCUT2D eigenvalue weighted by Crippen LogP contribution is -2.50. The summed E-state index contributed by atoms with van der Waals surface area (Å²) in [5.74, 6) is -1.08. The summed E-state index contributed by atoms with van der Waals surface area (Å²) < 4.78 is 5.41. The number of hydrogen-bond acceptors (Lipinski definition) is 4. The standard InChI is InChI=1S/C24H28N2O4/c1-14(2)20(26-22(28)16-9-7-8-10-17(16)23(26)29)21(27)25-18-13-15(24(3,4)5)11-12-19(18)30-6/h7-14,20H,1-6H3,(H,25,27)/t20-/m0/s1. The topological polar surface area (TPSA) is 75.7 Å². The zero-order valence-corrected chi connectivity index (χ0v) is 18.3. The molecule has 0 saturated heterocycles. The molecule has 158 valence electrons. The zero-order valence-electron chi connectivity index (χ0n) is 18.3. The van der Waals surface area contributed by atoms with Crippen LogP contribution in [0.3, 0.4) is 0 Å². The predicted octanol–water partition coefficient (Wildman–Crippen LogP) is 4.25. The van der Waals surface area contributed by atoms with Crippen molar-refractivity contribution >= 4 is 23.4 Å². The molecule has 1 aliphatic heterocycles. The van der Waals surface area contributed by atoms with E-state index in [0.29, 0.717) is 22.6 Å². The summed E-state index contributed by atoms with van der Waals surface area (Å²) in [5.41, 5.74) is 2.07. The first-order valence-corrected chi connectivity index (χ1v) is 10.0. The van der Waals surface area contributed by atoms with E-state index in [1.54, 1.807) is 24.3 Å². The van der Waals surface area contributed by atoms with Crippen LogP contribution in [0.15, 0.2) is 42.5 Å². The molecule has 0 spiro atoms. The molecular formula is C24H28N2O4. The predicted molar refractivity (Wildman–Crippen MR) is 116 cm³/mol. The minimum atomic E-state index is -0.944. The Morgan fingerprint density at radius 2 is 1.57 bits per heavy atom. The van der Waals surface area contributed by atoms with Crippen LogP contribution < -0.4 is 10.1 Å². The van der Waals surface area contributed by atoms with Gasteiger partial charge in [-0.3, -0.25) is 19.3 Å². The first kappa shape index (κ1) is 21.6. The number of ether oxygens (including phenoxy) is 1. The molecule has 0 aromatic heterocycles. The van der Waals surface area contributed by atoms with Crippen molar-refractivity contribution in [2.24, 2.45) is 5.92 Å². The maximum absolute atomic E-state index is 13.3. The number of hydrogen-bond donors (Lipinski definition) is 1. The van der Waals surface area contributed by atoms with E-state index in [9.17, 15) is 14.4 Å². The van der Waals surface area contributed by atoms with Gasteiger partial charge in [0.25, 0.3) is 11.8 Å². The fourth-order valence-corrected chi connectivity index (χ4v) is 3.66. The molecule has 6 nitrogen and oxygen atoms in total. The molecule has 2 aromatic rings. The summed E-state index contributed by atoms with van der Waals surface area (Å²) in [6.07, 6.45) is 0. The summed E-state index contributed by atoms with van der Waals surface area (Å²) in [6.45, 7) is 9.87. The molecule has 1 N–H and O–H groups in total. The maximum Gasteiger partial charge on any atom is 0.262 e. The monoisotopic (exact) mass is 408 g/mol. The fraction of sp³-hybridized carbons (Fsp3) is 0.375. The lowest BCUT2D eigenvalue weighted by Gasteiger charge is -2.29. The van der Waals surface area contributed by atoms with E-state index in [-0.39, 0.29) is 11.3 Å². The second-order valence-corrected chi connectivity index (χ2v) is 8.87. The molecule has 1 atom stereocenters. The smallest absolute Gasteiger partial charge is 0.262 e. The van der Waals surface area contributed by atoms with Gasteiger partial charge in [-0.2, -0.15) is 0 Å². The van der Waals surface area contributed by atoms with E-state index < -0.39 is 23.8 Å². The highest BCUT2D eigenvalue weighted by atomic mass is 16.5. The number of carbonyl (C=O) groups is 3. The molecule has 3 amide bonds. The van der Waals surface area contributed by atoms with Crippen molar-refractivity contribution in [2.75, 3.05) is 12.4 Å². The Hall–Kier alpha value is -3.15.